The van der Waals surface area contributed by atoms with Gasteiger partial charge < -0.3 is 4.74 Å². The van der Waals surface area contributed by atoms with Crippen molar-refractivity contribution in [3.05, 3.63) is 0 Å². The van der Waals surface area contributed by atoms with Crippen molar-refractivity contribution in [1.29, 1.82) is 0 Å². The summed E-state index contributed by atoms with van der Waals surface area (Å²) >= 11 is 0. The largest absolute Gasteiger partial charge is 0.377 e. The minimum Gasteiger partial charge on any atom is -0.377 e. The second-order valence-electron chi connectivity index (χ2n) is 4.05. The Kier molecular flexibility index (Phi) is 5.17. The monoisotopic (exact) mass is 250 g/mol. The average Bonchev–Trinajstić information content (AvgIpc) is 2.70. The lowest BCUT2D eigenvalue weighted by Gasteiger charge is -2.24. The quantitative estimate of drug-likeness (QED) is 0.756. The lowest BCUT2D eigenvalue weighted by molar-refractivity contribution is 0.0897. The molecule has 1 fully saturated rings. The highest BCUT2D eigenvalue weighted by Gasteiger charge is 2.28. The SMILES string of the molecule is CCN(CC)S(=O)(=O)N[C@@H](C)[C@@H]1CCCO1. The zero-order valence-corrected chi connectivity index (χ0v) is 11.1. The maximum atomic E-state index is 11.9. The molecule has 1 N–H and O–H groups in total. The van der Waals surface area contributed by atoms with Crippen molar-refractivity contribution in [3.8, 4) is 0 Å². The molecular formula is C10H22N2O3S. The molecule has 0 aromatic heterocycles. The van der Waals surface area contributed by atoms with Gasteiger partial charge in [-0.25, -0.2) is 0 Å². The summed E-state index contributed by atoms with van der Waals surface area (Å²) in [6.45, 7) is 7.24. The van der Waals surface area contributed by atoms with E-state index in [4.69, 9.17) is 4.74 Å². The summed E-state index contributed by atoms with van der Waals surface area (Å²) in [4.78, 5) is 0. The Morgan fingerprint density at radius 3 is 2.50 bits per heavy atom. The summed E-state index contributed by atoms with van der Waals surface area (Å²) < 4.78 is 33.4. The van der Waals surface area contributed by atoms with E-state index >= 15 is 0 Å². The molecule has 1 heterocycles. The third-order valence-electron chi connectivity index (χ3n) is 2.90. The van der Waals surface area contributed by atoms with Crippen LogP contribution in [0.2, 0.25) is 0 Å². The van der Waals surface area contributed by atoms with Crippen LogP contribution in [0.25, 0.3) is 0 Å². The van der Waals surface area contributed by atoms with Gasteiger partial charge in [-0.1, -0.05) is 13.8 Å². The number of nitrogens with zero attached hydrogens (tertiary/aromatic N) is 1. The second-order valence-corrected chi connectivity index (χ2v) is 5.75. The summed E-state index contributed by atoms with van der Waals surface area (Å²) in [5, 5.41) is 0. The van der Waals surface area contributed by atoms with Crippen LogP contribution >= 0.6 is 0 Å². The summed E-state index contributed by atoms with van der Waals surface area (Å²) in [7, 11) is -3.36. The second kappa shape index (κ2) is 5.95. The molecule has 0 amide bonds. The van der Waals surface area contributed by atoms with Crippen molar-refractivity contribution >= 4 is 10.2 Å². The van der Waals surface area contributed by atoms with Crippen molar-refractivity contribution in [3.63, 3.8) is 0 Å². The summed E-state index contributed by atoms with van der Waals surface area (Å²) in [5.41, 5.74) is 0. The molecule has 16 heavy (non-hydrogen) atoms. The first-order valence-corrected chi connectivity index (χ1v) is 7.34. The van der Waals surface area contributed by atoms with Crippen molar-refractivity contribution in [2.45, 2.75) is 45.8 Å². The molecule has 96 valence electrons. The lowest BCUT2D eigenvalue weighted by atomic mass is 10.1. The van der Waals surface area contributed by atoms with Crippen LogP contribution in [0.15, 0.2) is 0 Å². The topological polar surface area (TPSA) is 58.6 Å². The Labute approximate surface area is 98.3 Å². The summed E-state index contributed by atoms with van der Waals surface area (Å²) in [5.74, 6) is 0. The number of nitrogens with one attached hydrogen (secondary N) is 1. The number of hydrogen-bond donors (Lipinski definition) is 1. The van der Waals surface area contributed by atoms with Crippen LogP contribution < -0.4 is 4.72 Å². The van der Waals surface area contributed by atoms with E-state index < -0.39 is 10.2 Å². The molecule has 0 radical (unpaired) electrons. The molecule has 0 bridgehead atoms. The first-order valence-electron chi connectivity index (χ1n) is 5.90. The molecule has 2 atom stereocenters. The molecule has 1 aliphatic heterocycles. The average molecular weight is 250 g/mol. The van der Waals surface area contributed by atoms with E-state index in [2.05, 4.69) is 4.72 Å². The molecule has 0 unspecified atom stereocenters. The van der Waals surface area contributed by atoms with Crippen LogP contribution in [0.1, 0.15) is 33.6 Å². The Hall–Kier alpha value is -0.170. The van der Waals surface area contributed by atoms with Crippen LogP contribution in [0, 0.1) is 0 Å². The van der Waals surface area contributed by atoms with Gasteiger partial charge in [-0.3, -0.25) is 0 Å². The van der Waals surface area contributed by atoms with Crippen molar-refractivity contribution < 1.29 is 13.2 Å². The fraction of sp³-hybridized carbons (Fsp3) is 1.00. The third kappa shape index (κ3) is 3.41. The van der Waals surface area contributed by atoms with Crippen molar-refractivity contribution in [1.82, 2.24) is 9.03 Å². The number of hydrogen-bond acceptors (Lipinski definition) is 3. The molecule has 0 aliphatic carbocycles. The third-order valence-corrected chi connectivity index (χ3v) is 4.77. The van der Waals surface area contributed by atoms with E-state index in [0.717, 1.165) is 19.4 Å². The van der Waals surface area contributed by atoms with Crippen LogP contribution in [0.5, 0.6) is 0 Å². The van der Waals surface area contributed by atoms with Gasteiger partial charge in [0.2, 0.25) is 0 Å². The number of ether oxygens (including phenoxy) is 1. The standard InChI is InChI=1S/C10H22N2O3S/c1-4-12(5-2)16(13,14)11-9(3)10-7-6-8-15-10/h9-11H,4-8H2,1-3H3/t9-,10-/m0/s1. The molecule has 1 rings (SSSR count). The summed E-state index contributed by atoms with van der Waals surface area (Å²) in [6, 6.07) is -0.159. The highest BCUT2D eigenvalue weighted by atomic mass is 32.2. The minimum atomic E-state index is -3.36. The van der Waals surface area contributed by atoms with E-state index in [1.165, 1.54) is 4.31 Å². The van der Waals surface area contributed by atoms with Gasteiger partial charge in [0.05, 0.1) is 6.10 Å². The van der Waals surface area contributed by atoms with Crippen LogP contribution in [0.4, 0.5) is 0 Å². The van der Waals surface area contributed by atoms with Crippen LogP contribution in [-0.4, -0.2) is 44.6 Å². The van der Waals surface area contributed by atoms with Gasteiger partial charge in [0.15, 0.2) is 0 Å². The first-order chi connectivity index (χ1) is 7.51. The maximum absolute atomic E-state index is 11.9. The van der Waals surface area contributed by atoms with Gasteiger partial charge in [-0.2, -0.15) is 17.4 Å². The van der Waals surface area contributed by atoms with E-state index in [9.17, 15) is 8.42 Å². The van der Waals surface area contributed by atoms with E-state index in [1.807, 2.05) is 20.8 Å². The maximum Gasteiger partial charge on any atom is 0.279 e. The first kappa shape index (κ1) is 13.9. The summed E-state index contributed by atoms with van der Waals surface area (Å²) in [6.07, 6.45) is 1.97. The molecule has 1 aliphatic rings. The lowest BCUT2D eigenvalue weighted by Crippen LogP contribution is -2.48. The Balaban J connectivity index is 2.57. The van der Waals surface area contributed by atoms with Gasteiger partial charge >= 0.3 is 0 Å². The van der Waals surface area contributed by atoms with Crippen molar-refractivity contribution in [2.75, 3.05) is 19.7 Å². The molecule has 0 aromatic rings. The molecule has 6 heteroatoms. The normalized spacial score (nSPS) is 23.9. The van der Waals surface area contributed by atoms with Gasteiger partial charge in [0.25, 0.3) is 10.2 Å². The van der Waals surface area contributed by atoms with Gasteiger partial charge in [0, 0.05) is 25.7 Å². The molecular weight excluding hydrogens is 228 g/mol. The zero-order valence-electron chi connectivity index (χ0n) is 10.3. The van der Waals surface area contributed by atoms with Gasteiger partial charge in [-0.15, -0.1) is 0 Å². The molecule has 0 aromatic carbocycles. The smallest absolute Gasteiger partial charge is 0.279 e. The minimum absolute atomic E-state index is 0.0188. The zero-order chi connectivity index (χ0) is 12.2. The molecule has 1 saturated heterocycles. The van der Waals surface area contributed by atoms with Crippen molar-refractivity contribution in [2.24, 2.45) is 0 Å². The predicted molar refractivity (Wildman–Crippen MR) is 63.4 cm³/mol. The van der Waals surface area contributed by atoms with E-state index in [1.54, 1.807) is 0 Å². The van der Waals surface area contributed by atoms with E-state index in [0.29, 0.717) is 13.1 Å². The fourth-order valence-corrected chi connectivity index (χ4v) is 3.40. The Bertz CT molecular complexity index is 295. The molecule has 0 spiro atoms. The van der Waals surface area contributed by atoms with Crippen LogP contribution in [-0.2, 0) is 14.9 Å². The fourth-order valence-electron chi connectivity index (χ4n) is 1.95. The Morgan fingerprint density at radius 2 is 2.06 bits per heavy atom. The number of rotatable bonds is 6. The van der Waals surface area contributed by atoms with Crippen LogP contribution in [0.3, 0.4) is 0 Å². The van der Waals surface area contributed by atoms with E-state index in [-0.39, 0.29) is 12.1 Å². The highest BCUT2D eigenvalue weighted by Crippen LogP contribution is 2.16. The predicted octanol–water partition coefficient (Wildman–Crippen LogP) is 0.730. The van der Waals surface area contributed by atoms with Gasteiger partial charge in [-0.05, 0) is 19.8 Å². The highest BCUT2D eigenvalue weighted by molar-refractivity contribution is 7.87. The Morgan fingerprint density at radius 1 is 1.44 bits per heavy atom. The van der Waals surface area contributed by atoms with Gasteiger partial charge in [0.1, 0.15) is 0 Å². The molecule has 0 saturated carbocycles. The molecule has 5 nitrogen and oxygen atoms in total.